The van der Waals surface area contributed by atoms with E-state index >= 15 is 0 Å². The second-order valence-electron chi connectivity index (χ2n) is 2.47. The molecule has 0 aromatic heterocycles. The molecule has 0 heterocycles. The fraction of sp³-hybridized carbons (Fsp3) is 0.222. The van der Waals surface area contributed by atoms with Crippen molar-refractivity contribution in [1.82, 2.24) is 0 Å². The van der Waals surface area contributed by atoms with Crippen molar-refractivity contribution < 1.29 is 17.9 Å². The molecule has 0 aliphatic carbocycles. The van der Waals surface area contributed by atoms with Gasteiger partial charge in [-0.1, -0.05) is 6.07 Å². The lowest BCUT2D eigenvalue weighted by Crippen LogP contribution is -2.05. The van der Waals surface area contributed by atoms with Gasteiger partial charge in [0.2, 0.25) is 0 Å². The van der Waals surface area contributed by atoms with E-state index in [0.717, 1.165) is 12.1 Å². The molecule has 0 N–H and O–H groups in total. The molecule has 0 saturated carbocycles. The predicted molar refractivity (Wildman–Crippen MR) is 42.6 cm³/mol. The van der Waals surface area contributed by atoms with Gasteiger partial charge in [0.05, 0.1) is 5.56 Å². The number of hydrogen-bond acceptors (Lipinski definition) is 2. The highest BCUT2D eigenvalue weighted by Gasteiger charge is 2.30. The van der Waals surface area contributed by atoms with Crippen molar-refractivity contribution in [3.05, 3.63) is 29.8 Å². The molecule has 0 saturated heterocycles. The van der Waals surface area contributed by atoms with Crippen LogP contribution >= 0.6 is 0 Å². The number of ether oxygens (including phenoxy) is 1. The second-order valence-corrected chi connectivity index (χ2v) is 2.47. The second kappa shape index (κ2) is 4.01. The van der Waals surface area contributed by atoms with Gasteiger partial charge in [-0.3, -0.25) is 0 Å². The van der Waals surface area contributed by atoms with Crippen LogP contribution in [-0.4, -0.2) is 6.61 Å². The molecule has 0 spiro atoms. The predicted octanol–water partition coefficient (Wildman–Crippen LogP) is 2.61. The van der Waals surface area contributed by atoms with Crippen LogP contribution in [-0.2, 0) is 6.18 Å². The maximum atomic E-state index is 12.2. The molecule has 74 valence electrons. The molecule has 1 aromatic rings. The van der Waals surface area contributed by atoms with Gasteiger partial charge in [0.15, 0.2) is 6.61 Å². The Morgan fingerprint density at radius 3 is 2.64 bits per heavy atom. The number of alkyl halides is 3. The molecule has 0 aliphatic rings. The summed E-state index contributed by atoms with van der Waals surface area (Å²) in [5.74, 6) is 0.0429. The van der Waals surface area contributed by atoms with Gasteiger partial charge >= 0.3 is 6.18 Å². The van der Waals surface area contributed by atoms with Crippen LogP contribution in [0.4, 0.5) is 13.2 Å². The van der Waals surface area contributed by atoms with E-state index in [1.54, 1.807) is 6.07 Å². The van der Waals surface area contributed by atoms with E-state index in [0.29, 0.717) is 0 Å². The number of benzene rings is 1. The standard InChI is InChI=1S/C9H6F3NO/c10-9(11,12)7-2-1-3-8(6-7)14-5-4-13/h1-3,6H,5H2. The van der Waals surface area contributed by atoms with Crippen molar-refractivity contribution in [3.63, 3.8) is 0 Å². The Bertz CT molecular complexity index is 354. The van der Waals surface area contributed by atoms with Gasteiger partial charge in [0.1, 0.15) is 11.8 Å². The minimum absolute atomic E-state index is 0.0429. The summed E-state index contributed by atoms with van der Waals surface area (Å²) in [6, 6.07) is 6.07. The van der Waals surface area contributed by atoms with Crippen molar-refractivity contribution in [2.24, 2.45) is 0 Å². The number of halogens is 3. The van der Waals surface area contributed by atoms with Gasteiger partial charge in [-0.25, -0.2) is 0 Å². The lowest BCUT2D eigenvalue weighted by molar-refractivity contribution is -0.137. The number of rotatable bonds is 2. The molecule has 2 nitrogen and oxygen atoms in total. The zero-order valence-corrected chi connectivity index (χ0v) is 7.01. The SMILES string of the molecule is N#CCOc1cccc(C(F)(F)F)c1. The van der Waals surface area contributed by atoms with Crippen LogP contribution in [0.25, 0.3) is 0 Å². The molecule has 1 rings (SSSR count). The van der Waals surface area contributed by atoms with E-state index < -0.39 is 11.7 Å². The summed E-state index contributed by atoms with van der Waals surface area (Å²) >= 11 is 0. The first-order chi connectivity index (χ1) is 6.54. The molecule has 0 amide bonds. The third-order valence-electron chi connectivity index (χ3n) is 1.46. The first-order valence-electron chi connectivity index (χ1n) is 3.71. The van der Waals surface area contributed by atoms with Gasteiger partial charge < -0.3 is 4.74 Å². The topological polar surface area (TPSA) is 33.0 Å². The molecule has 0 radical (unpaired) electrons. The van der Waals surface area contributed by atoms with Crippen molar-refractivity contribution in [2.45, 2.75) is 6.18 Å². The monoisotopic (exact) mass is 201 g/mol. The highest BCUT2D eigenvalue weighted by Crippen LogP contribution is 2.31. The van der Waals surface area contributed by atoms with Crippen molar-refractivity contribution >= 4 is 0 Å². The van der Waals surface area contributed by atoms with Gasteiger partial charge in [0, 0.05) is 0 Å². The van der Waals surface area contributed by atoms with Crippen LogP contribution in [0, 0.1) is 11.3 Å². The molecule has 0 atom stereocenters. The third kappa shape index (κ3) is 2.66. The molecule has 0 fully saturated rings. The molecular weight excluding hydrogens is 195 g/mol. The summed E-state index contributed by atoms with van der Waals surface area (Å²) < 4.78 is 41.2. The van der Waals surface area contributed by atoms with E-state index in [1.165, 1.54) is 12.1 Å². The zero-order chi connectivity index (χ0) is 10.6. The highest BCUT2D eigenvalue weighted by atomic mass is 19.4. The number of hydrogen-bond donors (Lipinski definition) is 0. The summed E-state index contributed by atoms with van der Waals surface area (Å²) in [6.45, 7) is -0.263. The molecule has 5 heteroatoms. The first kappa shape index (κ1) is 10.4. The van der Waals surface area contributed by atoms with Gasteiger partial charge in [-0.15, -0.1) is 0 Å². The molecule has 1 aromatic carbocycles. The van der Waals surface area contributed by atoms with Crippen LogP contribution in [0.1, 0.15) is 5.56 Å². The lowest BCUT2D eigenvalue weighted by Gasteiger charge is -2.08. The summed E-state index contributed by atoms with van der Waals surface area (Å²) in [7, 11) is 0. The van der Waals surface area contributed by atoms with E-state index in [-0.39, 0.29) is 12.4 Å². The Kier molecular flexibility index (Phi) is 2.97. The zero-order valence-electron chi connectivity index (χ0n) is 7.01. The average Bonchev–Trinajstić information content (AvgIpc) is 2.14. The maximum absolute atomic E-state index is 12.2. The van der Waals surface area contributed by atoms with Crippen molar-refractivity contribution in [2.75, 3.05) is 6.61 Å². The van der Waals surface area contributed by atoms with Crippen LogP contribution in [0.5, 0.6) is 5.75 Å². The normalized spacial score (nSPS) is 10.7. The van der Waals surface area contributed by atoms with Crippen molar-refractivity contribution in [3.8, 4) is 11.8 Å². The van der Waals surface area contributed by atoms with Crippen molar-refractivity contribution in [1.29, 1.82) is 5.26 Å². The summed E-state index contributed by atoms with van der Waals surface area (Å²) in [5.41, 5.74) is -0.784. The van der Waals surface area contributed by atoms with E-state index in [2.05, 4.69) is 0 Å². The average molecular weight is 201 g/mol. The highest BCUT2D eigenvalue weighted by molar-refractivity contribution is 5.30. The van der Waals surface area contributed by atoms with Gasteiger partial charge in [0.25, 0.3) is 0 Å². The minimum Gasteiger partial charge on any atom is -0.479 e. The molecular formula is C9H6F3NO. The van der Waals surface area contributed by atoms with Crippen LogP contribution < -0.4 is 4.74 Å². The van der Waals surface area contributed by atoms with E-state index in [4.69, 9.17) is 10.00 Å². The fourth-order valence-corrected chi connectivity index (χ4v) is 0.878. The lowest BCUT2D eigenvalue weighted by atomic mass is 10.2. The van der Waals surface area contributed by atoms with Crippen LogP contribution in [0.2, 0.25) is 0 Å². The van der Waals surface area contributed by atoms with Crippen LogP contribution in [0.15, 0.2) is 24.3 Å². The third-order valence-corrected chi connectivity index (χ3v) is 1.46. The molecule has 0 unspecified atom stereocenters. The fourth-order valence-electron chi connectivity index (χ4n) is 0.878. The Labute approximate surface area is 78.5 Å². The first-order valence-corrected chi connectivity index (χ1v) is 3.71. The van der Waals surface area contributed by atoms with E-state index in [9.17, 15) is 13.2 Å². The molecule has 14 heavy (non-hydrogen) atoms. The smallest absolute Gasteiger partial charge is 0.416 e. The Hall–Kier alpha value is -1.70. The summed E-state index contributed by atoms with van der Waals surface area (Å²) in [6.07, 6.45) is -4.38. The van der Waals surface area contributed by atoms with E-state index in [1.807, 2.05) is 0 Å². The maximum Gasteiger partial charge on any atom is 0.416 e. The molecule has 0 bridgehead atoms. The summed E-state index contributed by atoms with van der Waals surface area (Å²) in [4.78, 5) is 0. The molecule has 0 aliphatic heterocycles. The van der Waals surface area contributed by atoms with Gasteiger partial charge in [-0.05, 0) is 18.2 Å². The number of nitriles is 1. The number of nitrogens with zero attached hydrogens (tertiary/aromatic N) is 1. The van der Waals surface area contributed by atoms with Gasteiger partial charge in [-0.2, -0.15) is 18.4 Å². The Balaban J connectivity index is 2.86. The largest absolute Gasteiger partial charge is 0.479 e. The van der Waals surface area contributed by atoms with Crippen LogP contribution in [0.3, 0.4) is 0 Å². The quantitative estimate of drug-likeness (QED) is 0.736. The minimum atomic E-state index is -4.38. The Morgan fingerprint density at radius 2 is 2.07 bits per heavy atom. The Morgan fingerprint density at radius 1 is 1.36 bits per heavy atom. The summed E-state index contributed by atoms with van der Waals surface area (Å²) in [5, 5.41) is 8.16.